The summed E-state index contributed by atoms with van der Waals surface area (Å²) in [6.07, 6.45) is 0.666. The largest absolute Gasteiger partial charge is 0.506 e. The molecule has 0 bridgehead atoms. The number of pyridine rings is 1. The summed E-state index contributed by atoms with van der Waals surface area (Å²) in [4.78, 5) is 3.90. The highest BCUT2D eigenvalue weighted by Gasteiger charge is 2.30. The summed E-state index contributed by atoms with van der Waals surface area (Å²) in [5.41, 5.74) is 1.11. The van der Waals surface area contributed by atoms with Gasteiger partial charge >= 0.3 is 6.18 Å². The summed E-state index contributed by atoms with van der Waals surface area (Å²) < 4.78 is 64.2. The number of aromatic hydroxyl groups is 1. The minimum absolute atomic E-state index is 0.0331. The van der Waals surface area contributed by atoms with E-state index in [0.717, 1.165) is 23.3 Å². The van der Waals surface area contributed by atoms with Crippen LogP contribution in [0.4, 0.5) is 13.2 Å². The van der Waals surface area contributed by atoms with Crippen LogP contribution in [0.15, 0.2) is 48.8 Å². The van der Waals surface area contributed by atoms with Crippen LogP contribution in [-0.4, -0.2) is 35.9 Å². The molecule has 0 saturated heterocycles. The van der Waals surface area contributed by atoms with Gasteiger partial charge in [-0.15, -0.1) is 0 Å². The van der Waals surface area contributed by atoms with Crippen LogP contribution in [0.25, 0.3) is 5.57 Å². The van der Waals surface area contributed by atoms with Crippen LogP contribution in [-0.2, 0) is 22.0 Å². The van der Waals surface area contributed by atoms with Crippen molar-refractivity contribution in [3.63, 3.8) is 0 Å². The van der Waals surface area contributed by atoms with Crippen LogP contribution in [0.1, 0.15) is 23.1 Å². The number of benzene rings is 1. The summed E-state index contributed by atoms with van der Waals surface area (Å²) in [5.74, 6) is -0.326. The first-order valence-corrected chi connectivity index (χ1v) is 9.73. The van der Waals surface area contributed by atoms with E-state index in [-0.39, 0.29) is 24.6 Å². The third kappa shape index (κ3) is 4.67. The van der Waals surface area contributed by atoms with Crippen molar-refractivity contribution in [2.75, 3.05) is 13.1 Å². The molecule has 0 atom stereocenters. The maximum absolute atomic E-state index is 12.6. The van der Waals surface area contributed by atoms with Gasteiger partial charge in [0.2, 0.25) is 10.0 Å². The maximum atomic E-state index is 12.6. The summed E-state index contributed by atoms with van der Waals surface area (Å²) >= 11 is 0. The molecule has 2 aromatic rings. The minimum atomic E-state index is -4.45. The van der Waals surface area contributed by atoms with Crippen LogP contribution in [0.2, 0.25) is 0 Å². The molecule has 1 N–H and O–H groups in total. The zero-order chi connectivity index (χ0) is 19.7. The van der Waals surface area contributed by atoms with Crippen molar-refractivity contribution in [2.24, 2.45) is 0 Å². The highest BCUT2D eigenvalue weighted by Crippen LogP contribution is 2.30. The average molecular weight is 398 g/mol. The molecule has 0 spiro atoms. The van der Waals surface area contributed by atoms with Crippen molar-refractivity contribution in [3.05, 3.63) is 65.5 Å². The second-order valence-corrected chi connectivity index (χ2v) is 8.19. The smallest absolute Gasteiger partial charge is 0.416 e. The van der Waals surface area contributed by atoms with Crippen LogP contribution in [0.3, 0.4) is 0 Å². The Labute approximate surface area is 154 Å². The molecule has 1 aromatic heterocycles. The van der Waals surface area contributed by atoms with Gasteiger partial charge in [-0.2, -0.15) is 17.5 Å². The van der Waals surface area contributed by atoms with Crippen LogP contribution in [0, 0.1) is 0 Å². The van der Waals surface area contributed by atoms with Gasteiger partial charge < -0.3 is 5.11 Å². The molecule has 0 aliphatic carbocycles. The standard InChI is InChI=1S/C18H17F3N2O3S/c19-18(20,21)16-3-1-13(2-4-16)12-27(25,26)23-7-5-14(6-8-23)15-9-17(24)11-22-10-15/h1-5,9-11,24H,6-8,12H2. The number of hydrogen-bond acceptors (Lipinski definition) is 4. The summed E-state index contributed by atoms with van der Waals surface area (Å²) in [6, 6.07) is 5.70. The van der Waals surface area contributed by atoms with Crippen molar-refractivity contribution >= 4 is 15.6 Å². The van der Waals surface area contributed by atoms with Crippen molar-refractivity contribution in [3.8, 4) is 5.75 Å². The molecule has 5 nitrogen and oxygen atoms in total. The fourth-order valence-corrected chi connectivity index (χ4v) is 4.33. The van der Waals surface area contributed by atoms with Gasteiger partial charge in [-0.05, 0) is 41.3 Å². The van der Waals surface area contributed by atoms with Gasteiger partial charge in [0.05, 0.1) is 17.5 Å². The van der Waals surface area contributed by atoms with Gasteiger partial charge in [0.15, 0.2) is 0 Å². The summed E-state index contributed by atoms with van der Waals surface area (Å²) in [7, 11) is -3.66. The number of hydrogen-bond donors (Lipinski definition) is 1. The Bertz CT molecular complexity index is 955. The Morgan fingerprint density at radius 3 is 2.41 bits per heavy atom. The topological polar surface area (TPSA) is 70.5 Å². The number of sulfonamides is 1. The van der Waals surface area contributed by atoms with Crippen LogP contribution >= 0.6 is 0 Å². The molecule has 0 amide bonds. The Morgan fingerprint density at radius 2 is 1.85 bits per heavy atom. The molecule has 9 heteroatoms. The van der Waals surface area contributed by atoms with E-state index in [9.17, 15) is 26.7 Å². The van der Waals surface area contributed by atoms with E-state index in [1.165, 1.54) is 22.6 Å². The molecular weight excluding hydrogens is 381 g/mol. The van der Waals surface area contributed by atoms with Gasteiger partial charge in [-0.3, -0.25) is 4.98 Å². The van der Waals surface area contributed by atoms with Crippen molar-refractivity contribution in [1.82, 2.24) is 9.29 Å². The maximum Gasteiger partial charge on any atom is 0.416 e. The van der Waals surface area contributed by atoms with Gasteiger partial charge in [-0.25, -0.2) is 8.42 Å². The third-order valence-corrected chi connectivity index (χ3v) is 6.11. The molecule has 0 unspecified atom stereocenters. The predicted octanol–water partition coefficient (Wildman–Crippen LogP) is 3.43. The number of nitrogens with zero attached hydrogens (tertiary/aromatic N) is 2. The lowest BCUT2D eigenvalue weighted by Gasteiger charge is -2.26. The second kappa shape index (κ2) is 7.32. The van der Waals surface area contributed by atoms with Crippen LogP contribution < -0.4 is 0 Å². The van der Waals surface area contributed by atoms with E-state index in [0.29, 0.717) is 12.0 Å². The highest BCUT2D eigenvalue weighted by molar-refractivity contribution is 7.88. The third-order valence-electron chi connectivity index (χ3n) is 4.29. The molecule has 3 rings (SSSR count). The first-order chi connectivity index (χ1) is 12.6. The Hall–Kier alpha value is -2.39. The van der Waals surface area contributed by atoms with Gasteiger partial charge in [-0.1, -0.05) is 18.2 Å². The summed E-state index contributed by atoms with van der Waals surface area (Å²) in [5, 5.41) is 9.49. The lowest BCUT2D eigenvalue weighted by Crippen LogP contribution is -2.35. The molecule has 1 aliphatic rings. The van der Waals surface area contributed by atoms with E-state index in [2.05, 4.69) is 4.98 Å². The molecular formula is C18H17F3N2O3S. The van der Waals surface area contributed by atoms with E-state index in [1.54, 1.807) is 18.3 Å². The lowest BCUT2D eigenvalue weighted by atomic mass is 10.0. The predicted molar refractivity (Wildman–Crippen MR) is 94.1 cm³/mol. The van der Waals surface area contributed by atoms with Gasteiger partial charge in [0.1, 0.15) is 5.75 Å². The number of rotatable bonds is 4. The zero-order valence-corrected chi connectivity index (χ0v) is 15.0. The first kappa shape index (κ1) is 19.4. The fourth-order valence-electron chi connectivity index (χ4n) is 2.86. The molecule has 144 valence electrons. The monoisotopic (exact) mass is 398 g/mol. The fraction of sp³-hybridized carbons (Fsp3) is 0.278. The Balaban J connectivity index is 1.69. The highest BCUT2D eigenvalue weighted by atomic mass is 32.2. The second-order valence-electron chi connectivity index (χ2n) is 6.22. The zero-order valence-electron chi connectivity index (χ0n) is 14.1. The van der Waals surface area contributed by atoms with E-state index in [1.807, 2.05) is 0 Å². The molecule has 0 fully saturated rings. The molecule has 1 aromatic carbocycles. The van der Waals surface area contributed by atoms with E-state index in [4.69, 9.17) is 0 Å². The van der Waals surface area contributed by atoms with E-state index < -0.39 is 21.8 Å². The van der Waals surface area contributed by atoms with Crippen molar-refractivity contribution < 1.29 is 26.7 Å². The van der Waals surface area contributed by atoms with Gasteiger partial charge in [0.25, 0.3) is 0 Å². The normalized spacial score (nSPS) is 16.2. The first-order valence-electron chi connectivity index (χ1n) is 8.12. The van der Waals surface area contributed by atoms with Crippen molar-refractivity contribution in [2.45, 2.75) is 18.3 Å². The number of halogens is 3. The summed E-state index contributed by atoms with van der Waals surface area (Å²) in [6.45, 7) is 0.415. The molecule has 0 radical (unpaired) electrons. The molecule has 0 saturated carbocycles. The van der Waals surface area contributed by atoms with Crippen molar-refractivity contribution in [1.29, 1.82) is 0 Å². The Morgan fingerprint density at radius 1 is 1.15 bits per heavy atom. The number of alkyl halides is 3. The minimum Gasteiger partial charge on any atom is -0.506 e. The van der Waals surface area contributed by atoms with Crippen LogP contribution in [0.5, 0.6) is 5.75 Å². The SMILES string of the molecule is O=S(=O)(Cc1ccc(C(F)(F)F)cc1)N1CC=C(c2cncc(O)c2)CC1. The van der Waals surface area contributed by atoms with Gasteiger partial charge in [0, 0.05) is 19.3 Å². The average Bonchev–Trinajstić information content (AvgIpc) is 2.61. The van der Waals surface area contributed by atoms with E-state index >= 15 is 0 Å². The molecule has 2 heterocycles. The quantitative estimate of drug-likeness (QED) is 0.857. The molecule has 1 aliphatic heterocycles. The number of aromatic nitrogens is 1. The Kier molecular flexibility index (Phi) is 5.25. The lowest BCUT2D eigenvalue weighted by molar-refractivity contribution is -0.137. The molecule has 27 heavy (non-hydrogen) atoms.